The van der Waals surface area contributed by atoms with Gasteiger partial charge < -0.3 is 54.1 Å². The average molecular weight is 1860 g/mol. The number of aliphatic hydroxyl groups is 4. The fraction of sp³-hybridized carbons (Fsp3) is 0.258. The molecule has 4 N–H and O–H groups in total. The van der Waals surface area contributed by atoms with Gasteiger partial charge in [0.05, 0.1) is 42.3 Å². The van der Waals surface area contributed by atoms with E-state index in [4.69, 9.17) is 55.3 Å². The van der Waals surface area contributed by atoms with Gasteiger partial charge in [-0.15, -0.1) is 0 Å². The second kappa shape index (κ2) is 47.2. The normalized spacial score (nSPS) is 11.7. The summed E-state index contributed by atoms with van der Waals surface area (Å²) in [4.78, 5) is 52.8. The number of aromatic nitrogens is 4. The predicted molar refractivity (Wildman–Crippen MR) is 493 cm³/mol. The van der Waals surface area contributed by atoms with E-state index in [0.717, 1.165) is 127 Å². The van der Waals surface area contributed by atoms with Crippen molar-refractivity contribution in [1.29, 1.82) is 0 Å². The Morgan fingerprint density at radius 1 is 0.463 bits per heavy atom. The van der Waals surface area contributed by atoms with E-state index in [9.17, 15) is 30.0 Å². The van der Waals surface area contributed by atoms with Gasteiger partial charge in [-0.05, 0) is 243 Å². The summed E-state index contributed by atoms with van der Waals surface area (Å²) >= 11 is 22.9. The fourth-order valence-corrected chi connectivity index (χ4v) is 14.5. The third-order valence-electron chi connectivity index (χ3n) is 19.7. The summed E-state index contributed by atoms with van der Waals surface area (Å²) < 4.78 is 26.3. The zero-order valence-electron chi connectivity index (χ0n) is 69.2. The number of halogens is 5. The number of ketones is 1. The van der Waals surface area contributed by atoms with Gasteiger partial charge in [-0.2, -0.15) is 9.97 Å². The summed E-state index contributed by atoms with van der Waals surface area (Å²) in [5.74, 6) is 0.988. The molecular weight excluding hydrogens is 1760 g/mol. The number of nitrogens with zero attached hydrogens (tertiary/aromatic N) is 9. The molecule has 24 heteroatoms. The van der Waals surface area contributed by atoms with Crippen molar-refractivity contribution in [2.45, 2.75) is 91.7 Å². The van der Waals surface area contributed by atoms with Crippen LogP contribution in [0.25, 0.3) is 54.2 Å². The number of aryl methyl sites for hydroxylation is 1. The maximum atomic E-state index is 11.7. The molecule has 4 aromatic heterocycles. The molecule has 0 aliphatic heterocycles. The summed E-state index contributed by atoms with van der Waals surface area (Å²) in [6, 6.07) is 62.9. The molecule has 0 bridgehead atoms. The maximum Gasteiger partial charge on any atom is 0.236 e. The van der Waals surface area contributed by atoms with Gasteiger partial charge in [0.25, 0.3) is 0 Å². The van der Waals surface area contributed by atoms with Crippen LogP contribution in [0.2, 0.25) is 10.0 Å². The standard InChI is InChI=1S/C41H43ClN4O4.C38H35ClN4O4.C10H14BrNO.C8H6Br2O/c1-27-33(11-8-13-36(27)37-14-9-12-35(28(37)2)30-15-17-31(18-16-30)39(48)24-46(4)5)26-50-41-38(42)21-32(10-6-7-19-47)40(45-41)49-25-29-20-34(43-3)23-44-22-29;1-24-29(23-47-38-35(39)17-30(21-44)37(42-38)46-22-26-16-31(40-3)19-41-18-26)8-6-10-33(24)34-11-7-9-32(25(34)2)27-12-14-28(15-13-27)36(45)20-43(4)5;1-12(2)7-10(13)8-3-5-9(11)6-4-8;9-5-8(11)6-1-3-7(10)4-2-6/h8-9,11-18,20-23,39,47-48H,6-7,10,19,24-26H2,1-2,4-5H3;6-19,21,36,45H,20,22-23H2,1-2,4-5H3;3-6,10,13H,7H2,1-2H3;1-4H,5H2. The van der Waals surface area contributed by atoms with Gasteiger partial charge in [-0.1, -0.05) is 217 Å². The zero-order chi connectivity index (χ0) is 87.2. The molecule has 0 saturated carbocycles. The molecule has 0 aliphatic carbocycles. The first-order valence-electron chi connectivity index (χ1n) is 39.0. The number of carbonyl (C=O) groups excluding carboxylic acids is 2. The maximum absolute atomic E-state index is 11.7. The summed E-state index contributed by atoms with van der Waals surface area (Å²) in [7, 11) is 11.7. The Bertz CT molecular complexity index is 5540. The van der Waals surface area contributed by atoms with Gasteiger partial charge in [-0.3, -0.25) is 19.6 Å². The molecule has 626 valence electrons. The van der Waals surface area contributed by atoms with E-state index < -0.39 is 18.3 Å². The highest BCUT2D eigenvalue weighted by molar-refractivity contribution is 9.10. The monoisotopic (exact) mass is 1860 g/mol. The number of Topliss-reactive ketones (excluding diaryl/α,β-unsaturated/α-hetero) is 1. The number of aliphatic hydroxyl groups excluding tert-OH is 4. The van der Waals surface area contributed by atoms with Gasteiger partial charge in [0, 0.05) is 71.1 Å². The van der Waals surface area contributed by atoms with Gasteiger partial charge >= 0.3 is 0 Å². The Labute approximate surface area is 744 Å². The van der Waals surface area contributed by atoms with Crippen LogP contribution < -0.4 is 18.9 Å². The Balaban J connectivity index is 0.000000215. The molecule has 12 aromatic rings. The van der Waals surface area contributed by atoms with Crippen LogP contribution in [0.15, 0.2) is 228 Å². The van der Waals surface area contributed by atoms with E-state index in [1.54, 1.807) is 36.7 Å². The number of hydrogen-bond acceptors (Lipinski definition) is 17. The van der Waals surface area contributed by atoms with Crippen LogP contribution in [0, 0.1) is 40.8 Å². The highest BCUT2D eigenvalue weighted by atomic mass is 79.9. The minimum absolute atomic E-state index is 0.0629. The minimum atomic E-state index is -0.544. The number of benzene rings is 8. The number of alkyl halides is 1. The van der Waals surface area contributed by atoms with Gasteiger partial charge in [0.15, 0.2) is 12.1 Å². The van der Waals surface area contributed by atoms with Crippen molar-refractivity contribution in [3.05, 3.63) is 339 Å². The lowest BCUT2D eigenvalue weighted by Gasteiger charge is -2.18. The van der Waals surface area contributed by atoms with Crippen LogP contribution >= 0.6 is 71.0 Å². The second-order valence-electron chi connectivity index (χ2n) is 29.5. The smallest absolute Gasteiger partial charge is 0.236 e. The lowest BCUT2D eigenvalue weighted by molar-refractivity contribution is 0.102. The molecular formula is C97H98Br3Cl2N9O10. The average Bonchev–Trinajstić information content (AvgIpc) is 0.791. The largest absolute Gasteiger partial charge is 0.473 e. The Morgan fingerprint density at radius 2 is 0.835 bits per heavy atom. The first-order chi connectivity index (χ1) is 58.2. The van der Waals surface area contributed by atoms with E-state index in [1.807, 2.05) is 148 Å². The molecule has 0 spiro atoms. The molecule has 4 heterocycles. The number of carbonyl (C=O) groups is 2. The Kier molecular flexibility index (Phi) is 36.8. The summed E-state index contributed by atoms with van der Waals surface area (Å²) in [5, 5.41) is 41.0. The predicted octanol–water partition coefficient (Wildman–Crippen LogP) is 22.0. The van der Waals surface area contributed by atoms with E-state index in [-0.39, 0.29) is 67.0 Å². The van der Waals surface area contributed by atoms with Crippen molar-refractivity contribution in [3.63, 3.8) is 0 Å². The van der Waals surface area contributed by atoms with E-state index in [2.05, 4.69) is 178 Å². The van der Waals surface area contributed by atoms with Crippen LogP contribution in [0.4, 0.5) is 11.4 Å². The van der Waals surface area contributed by atoms with Crippen molar-refractivity contribution in [2.24, 2.45) is 0 Å². The van der Waals surface area contributed by atoms with E-state index in [1.165, 1.54) is 18.5 Å². The van der Waals surface area contributed by atoms with E-state index in [0.29, 0.717) is 71.9 Å². The Morgan fingerprint density at radius 3 is 1.24 bits per heavy atom. The van der Waals surface area contributed by atoms with Crippen molar-refractivity contribution in [1.82, 2.24) is 34.6 Å². The highest BCUT2D eigenvalue weighted by Gasteiger charge is 2.21. The van der Waals surface area contributed by atoms with Crippen LogP contribution in [-0.4, -0.2) is 141 Å². The van der Waals surface area contributed by atoms with Crippen LogP contribution in [0.3, 0.4) is 0 Å². The third kappa shape index (κ3) is 27.6. The molecule has 3 unspecified atom stereocenters. The summed E-state index contributed by atoms with van der Waals surface area (Å²) in [6.07, 6.45) is 7.40. The van der Waals surface area contributed by atoms with Crippen LogP contribution in [0.1, 0.15) is 119 Å². The van der Waals surface area contributed by atoms with Crippen molar-refractivity contribution in [3.8, 4) is 68.0 Å². The first-order valence-corrected chi connectivity index (χ1v) is 42.4. The lowest BCUT2D eigenvalue weighted by atomic mass is 9.89. The molecule has 12 rings (SSSR count). The highest BCUT2D eigenvalue weighted by Crippen LogP contribution is 2.40. The van der Waals surface area contributed by atoms with Crippen molar-refractivity contribution < 1.29 is 49.0 Å². The molecule has 8 aromatic carbocycles. The van der Waals surface area contributed by atoms with Gasteiger partial charge in [-0.25, -0.2) is 9.69 Å². The topological polar surface area (TPSA) is 222 Å². The number of hydrogen-bond donors (Lipinski definition) is 4. The molecule has 0 saturated heterocycles. The minimum Gasteiger partial charge on any atom is -0.473 e. The molecule has 0 radical (unpaired) electrons. The first kappa shape index (κ1) is 94.5. The van der Waals surface area contributed by atoms with E-state index >= 15 is 0 Å². The summed E-state index contributed by atoms with van der Waals surface area (Å²) in [5.41, 5.74) is 22.0. The van der Waals surface area contributed by atoms with Crippen LogP contribution in [-0.2, 0) is 32.8 Å². The van der Waals surface area contributed by atoms with Gasteiger partial charge in [0.1, 0.15) is 36.5 Å². The molecule has 3 atom stereocenters. The number of pyridine rings is 4. The number of ether oxygens (including phenoxy) is 4. The van der Waals surface area contributed by atoms with Gasteiger partial charge in [0.2, 0.25) is 34.9 Å². The fourth-order valence-electron chi connectivity index (χ4n) is 13.2. The molecule has 19 nitrogen and oxygen atoms in total. The number of unbranched alkanes of at least 4 members (excludes halogenated alkanes) is 1. The number of aldehydes is 1. The van der Waals surface area contributed by atoms with Crippen LogP contribution in [0.5, 0.6) is 23.5 Å². The summed E-state index contributed by atoms with van der Waals surface area (Å²) in [6.45, 7) is 25.5. The molecule has 0 aliphatic rings. The third-order valence-corrected chi connectivity index (χ3v) is 21.8. The lowest BCUT2D eigenvalue weighted by Crippen LogP contribution is -2.19. The SMILES string of the molecule is CN(C)CC(O)c1ccc(Br)cc1.O=C(CBr)c1ccc(Br)cc1.[C-]#[N+]c1cncc(COc2nc(OCc3cccc(-c4cccc(-c5ccc(C(O)CN(C)C)cc5)c4C)c3C)c(Cl)cc2C=O)c1.[C-]#[N+]c1cncc(COc2nc(OCc3cccc(-c4cccc(-c5ccc(C(O)CN(C)C)cc5)c4C)c3C)c(Cl)cc2CCCCO)c1. The number of rotatable bonds is 32. The zero-order valence-corrected chi connectivity index (χ0v) is 75.5. The molecule has 0 fully saturated rings. The molecule has 0 amide bonds. The quantitative estimate of drug-likeness (QED) is 0.0101. The Hall–Kier alpha value is -10.4. The van der Waals surface area contributed by atoms with Crippen molar-refractivity contribution in [2.75, 3.05) is 73.9 Å². The van der Waals surface area contributed by atoms with Crippen molar-refractivity contribution >= 4 is 94.4 Å². The second-order valence-corrected chi connectivity index (χ2v) is 32.7. The number of likely N-dealkylation sites (N-methyl/N-ethyl adjacent to an activating group) is 3. The molecule has 121 heavy (non-hydrogen) atoms.